The van der Waals surface area contributed by atoms with Crippen molar-refractivity contribution in [3.63, 3.8) is 0 Å². The van der Waals surface area contributed by atoms with Crippen LogP contribution in [-0.2, 0) is 28.2 Å². The van der Waals surface area contributed by atoms with Crippen LogP contribution in [0.1, 0.15) is 207 Å². The van der Waals surface area contributed by atoms with E-state index in [0.29, 0.717) is 25.7 Å². The van der Waals surface area contributed by atoms with Gasteiger partial charge in [0.05, 0.1) is 12.7 Å². The number of hydrogen-bond donors (Lipinski definition) is 3. The lowest BCUT2D eigenvalue weighted by molar-refractivity contribution is -0.161. The number of rotatable bonds is 41. The zero-order valence-electron chi connectivity index (χ0n) is 36.5. The lowest BCUT2D eigenvalue weighted by Gasteiger charge is -2.18. The third-order valence-electron chi connectivity index (χ3n) is 9.83. The number of allylic oxidation sites excluding steroid dienone is 7. The number of aliphatic hydroxyl groups is 1. The summed E-state index contributed by atoms with van der Waals surface area (Å²) in [4.78, 5) is 42.9. The van der Waals surface area contributed by atoms with E-state index in [0.717, 1.165) is 57.3 Å². The van der Waals surface area contributed by atoms with Crippen LogP contribution in [0.5, 0.6) is 0 Å². The summed E-state index contributed by atoms with van der Waals surface area (Å²) in [5, 5.41) is 9.71. The van der Waals surface area contributed by atoms with Crippen LogP contribution in [0, 0.1) is 5.92 Å². The van der Waals surface area contributed by atoms with E-state index >= 15 is 0 Å². The highest BCUT2D eigenvalue weighted by Crippen LogP contribution is 2.36. The fraction of sp³-hybridized carbons (Fsp3) is 0.787. The fourth-order valence-corrected chi connectivity index (χ4v) is 6.81. The topological polar surface area (TPSA) is 140 Å². The van der Waals surface area contributed by atoms with Crippen molar-refractivity contribution >= 4 is 19.8 Å². The molecule has 0 radical (unpaired) electrons. The molecule has 0 rings (SSSR count). The smallest absolute Gasteiger partial charge is 0.462 e. The average molecular weight is 825 g/mol. The lowest BCUT2D eigenvalue weighted by Crippen LogP contribution is -2.29. The van der Waals surface area contributed by atoms with Crippen molar-refractivity contribution < 1.29 is 43.0 Å². The molecular weight excluding hydrogens is 739 g/mol. The quantitative estimate of drug-likeness (QED) is 0.0238. The van der Waals surface area contributed by atoms with E-state index in [1.165, 1.54) is 96.3 Å². The van der Waals surface area contributed by atoms with Gasteiger partial charge in [-0.25, -0.2) is 4.57 Å². The summed E-state index contributed by atoms with van der Waals surface area (Å²) < 4.78 is 26.4. The van der Waals surface area contributed by atoms with Gasteiger partial charge in [-0.05, 0) is 57.3 Å². The molecule has 0 spiro atoms. The number of phosphoric ester groups is 1. The van der Waals surface area contributed by atoms with E-state index in [9.17, 15) is 19.3 Å². The van der Waals surface area contributed by atoms with E-state index in [4.69, 9.17) is 19.3 Å². The summed E-state index contributed by atoms with van der Waals surface area (Å²) in [7, 11) is -4.78. The molecular formula is C47H85O9P. The second-order valence-corrected chi connectivity index (χ2v) is 17.3. The molecule has 0 bridgehead atoms. The van der Waals surface area contributed by atoms with E-state index in [2.05, 4.69) is 55.7 Å². The minimum atomic E-state index is -4.78. The Morgan fingerprint density at radius 3 is 1.47 bits per heavy atom. The van der Waals surface area contributed by atoms with Gasteiger partial charge < -0.3 is 24.4 Å². The molecule has 0 aromatic heterocycles. The summed E-state index contributed by atoms with van der Waals surface area (Å²) in [5.41, 5.74) is 0. The van der Waals surface area contributed by atoms with Gasteiger partial charge in [-0.2, -0.15) is 0 Å². The van der Waals surface area contributed by atoms with Crippen molar-refractivity contribution in [2.75, 3.05) is 13.2 Å². The maximum Gasteiger partial charge on any atom is 0.469 e. The zero-order valence-corrected chi connectivity index (χ0v) is 37.4. The monoisotopic (exact) mass is 825 g/mol. The number of carbonyl (C=O) groups is 2. The Balaban J connectivity index is 3.95. The van der Waals surface area contributed by atoms with E-state index in [1.54, 1.807) is 0 Å². The molecule has 0 amide bonds. The highest BCUT2D eigenvalue weighted by atomic mass is 31.2. The number of phosphoric acid groups is 1. The lowest BCUT2D eigenvalue weighted by atomic mass is 10.0. The highest BCUT2D eigenvalue weighted by Gasteiger charge is 2.22. The Hall–Kier alpha value is -2.03. The van der Waals surface area contributed by atoms with Crippen LogP contribution in [0.25, 0.3) is 0 Å². The number of carbonyl (C=O) groups excluding carboxylic acids is 2. The number of esters is 2. The fourth-order valence-electron chi connectivity index (χ4n) is 6.45. The Kier molecular flexibility index (Phi) is 39.3. The Bertz CT molecular complexity index is 1090. The van der Waals surface area contributed by atoms with Gasteiger partial charge in [-0.1, -0.05) is 191 Å². The summed E-state index contributed by atoms with van der Waals surface area (Å²) >= 11 is 0. The van der Waals surface area contributed by atoms with Gasteiger partial charge in [0.25, 0.3) is 0 Å². The van der Waals surface area contributed by atoms with Crippen LogP contribution >= 0.6 is 7.82 Å². The van der Waals surface area contributed by atoms with Crippen molar-refractivity contribution in [3.8, 4) is 0 Å². The van der Waals surface area contributed by atoms with E-state index in [-0.39, 0.29) is 25.6 Å². The number of hydrogen-bond acceptors (Lipinski definition) is 7. The van der Waals surface area contributed by atoms with Crippen molar-refractivity contribution in [3.05, 3.63) is 48.6 Å². The predicted molar refractivity (Wildman–Crippen MR) is 236 cm³/mol. The molecule has 0 aliphatic rings. The number of unbranched alkanes of at least 4 members (excludes halogenated alkanes) is 18. The molecule has 0 aliphatic heterocycles. The second-order valence-electron chi connectivity index (χ2n) is 16.0. The molecule has 3 N–H and O–H groups in total. The molecule has 2 atom stereocenters. The first-order valence-corrected chi connectivity index (χ1v) is 24.4. The minimum absolute atomic E-state index is 0.177. The summed E-state index contributed by atoms with van der Waals surface area (Å²) in [6.07, 6.45) is 46.2. The van der Waals surface area contributed by atoms with Crippen LogP contribution in [-0.4, -0.2) is 52.3 Å². The molecule has 10 heteroatoms. The SMILES string of the molecule is CCCC(O)C/C=C\C/C=C\C/C=C\C/C=C\CCCC(=O)OC[C@H](COP(=O)(O)O)OC(=O)CCCCCCCCCCCCCCCCCCCCC(C)C. The Morgan fingerprint density at radius 2 is 1.00 bits per heavy atom. The number of aliphatic hydroxyl groups excluding tert-OH is 1. The van der Waals surface area contributed by atoms with Crippen LogP contribution in [0.4, 0.5) is 0 Å². The van der Waals surface area contributed by atoms with Crippen LogP contribution in [0.2, 0.25) is 0 Å². The van der Waals surface area contributed by atoms with Crippen LogP contribution in [0.15, 0.2) is 48.6 Å². The highest BCUT2D eigenvalue weighted by molar-refractivity contribution is 7.46. The molecule has 0 saturated heterocycles. The van der Waals surface area contributed by atoms with Crippen molar-refractivity contribution in [2.45, 2.75) is 219 Å². The summed E-state index contributed by atoms with van der Waals surface area (Å²) in [6.45, 7) is 5.81. The Morgan fingerprint density at radius 1 is 0.561 bits per heavy atom. The molecule has 1 unspecified atom stereocenters. The molecule has 0 aromatic carbocycles. The first kappa shape index (κ1) is 55.0. The van der Waals surface area contributed by atoms with Crippen LogP contribution < -0.4 is 0 Å². The first-order valence-electron chi connectivity index (χ1n) is 22.9. The van der Waals surface area contributed by atoms with Gasteiger partial charge in [0.15, 0.2) is 6.10 Å². The third kappa shape index (κ3) is 44.9. The van der Waals surface area contributed by atoms with Gasteiger partial charge in [-0.3, -0.25) is 14.1 Å². The molecule has 57 heavy (non-hydrogen) atoms. The molecule has 9 nitrogen and oxygen atoms in total. The molecule has 0 saturated carbocycles. The van der Waals surface area contributed by atoms with Crippen LogP contribution in [0.3, 0.4) is 0 Å². The summed E-state index contributed by atoms with van der Waals surface area (Å²) in [6, 6.07) is 0. The number of ether oxygens (including phenoxy) is 2. The summed E-state index contributed by atoms with van der Waals surface area (Å²) in [5.74, 6) is -0.122. The minimum Gasteiger partial charge on any atom is -0.462 e. The standard InChI is InChI=1S/C47H85O9P/c1-4-36-44(48)38-33-29-25-21-17-13-11-15-18-22-26-30-34-39-46(49)54-41-45(42-55-57(51,52)53)56-47(50)40-35-31-27-23-19-14-10-8-6-5-7-9-12-16-20-24-28-32-37-43(2)3/h11,15,17,21-22,26,29,33,43-45,48H,4-10,12-14,16,18-20,23-25,27-28,30-32,34-42H2,1-3H3,(H2,51,52,53)/b15-11-,21-17-,26-22-,33-29-/t44?,45-/m1/s1. The normalized spacial score (nSPS) is 13.5. The van der Waals surface area contributed by atoms with Gasteiger partial charge in [0.2, 0.25) is 0 Å². The van der Waals surface area contributed by atoms with E-state index in [1.807, 2.05) is 18.2 Å². The van der Waals surface area contributed by atoms with Gasteiger partial charge >= 0.3 is 19.8 Å². The molecule has 0 aromatic rings. The van der Waals surface area contributed by atoms with Gasteiger partial charge in [0, 0.05) is 12.8 Å². The first-order chi connectivity index (χ1) is 27.5. The Labute approximate surface area is 348 Å². The van der Waals surface area contributed by atoms with E-state index < -0.39 is 32.5 Å². The maximum absolute atomic E-state index is 12.4. The van der Waals surface area contributed by atoms with Crippen molar-refractivity contribution in [1.29, 1.82) is 0 Å². The zero-order chi connectivity index (χ0) is 42.1. The average Bonchev–Trinajstić information content (AvgIpc) is 3.16. The molecule has 0 fully saturated rings. The van der Waals surface area contributed by atoms with Gasteiger partial charge in [-0.15, -0.1) is 0 Å². The van der Waals surface area contributed by atoms with Crippen molar-refractivity contribution in [2.24, 2.45) is 5.92 Å². The van der Waals surface area contributed by atoms with Gasteiger partial charge in [0.1, 0.15) is 6.61 Å². The second kappa shape index (κ2) is 40.7. The predicted octanol–water partition coefficient (Wildman–Crippen LogP) is 13.1. The maximum atomic E-state index is 12.4. The van der Waals surface area contributed by atoms with Crippen molar-refractivity contribution in [1.82, 2.24) is 0 Å². The third-order valence-corrected chi connectivity index (χ3v) is 10.3. The largest absolute Gasteiger partial charge is 0.469 e. The molecule has 0 heterocycles. The molecule has 0 aliphatic carbocycles. The molecule has 332 valence electrons.